The SMILES string of the molecule is CC(C)CC(C)OCC(O)CNC1CC(O)C1(C)C. The molecule has 0 spiro atoms. The molecule has 1 saturated carbocycles. The van der Waals surface area contributed by atoms with Crippen LogP contribution in [0.4, 0.5) is 0 Å². The van der Waals surface area contributed by atoms with Gasteiger partial charge in [0.2, 0.25) is 0 Å². The van der Waals surface area contributed by atoms with Gasteiger partial charge in [0.05, 0.1) is 24.9 Å². The third kappa shape index (κ3) is 5.03. The van der Waals surface area contributed by atoms with Crippen LogP contribution in [0.5, 0.6) is 0 Å². The van der Waals surface area contributed by atoms with Gasteiger partial charge < -0.3 is 20.3 Å². The molecule has 4 unspecified atom stereocenters. The van der Waals surface area contributed by atoms with Gasteiger partial charge in [-0.3, -0.25) is 0 Å². The molecule has 0 aliphatic heterocycles. The van der Waals surface area contributed by atoms with Gasteiger partial charge in [-0.15, -0.1) is 0 Å². The number of rotatable bonds is 8. The number of aliphatic hydroxyl groups excluding tert-OH is 2. The van der Waals surface area contributed by atoms with Gasteiger partial charge in [0.15, 0.2) is 0 Å². The van der Waals surface area contributed by atoms with Crippen molar-refractivity contribution in [3.05, 3.63) is 0 Å². The molecule has 0 bridgehead atoms. The van der Waals surface area contributed by atoms with E-state index in [1.807, 2.05) is 20.8 Å². The summed E-state index contributed by atoms with van der Waals surface area (Å²) in [7, 11) is 0. The summed E-state index contributed by atoms with van der Waals surface area (Å²) in [5.41, 5.74) is -0.0918. The van der Waals surface area contributed by atoms with Crippen molar-refractivity contribution in [2.75, 3.05) is 13.2 Å². The molecule has 0 aromatic carbocycles. The van der Waals surface area contributed by atoms with E-state index in [-0.39, 0.29) is 23.7 Å². The maximum atomic E-state index is 9.89. The van der Waals surface area contributed by atoms with E-state index in [4.69, 9.17) is 4.74 Å². The molecule has 1 rings (SSSR count). The van der Waals surface area contributed by atoms with Crippen LogP contribution in [0.15, 0.2) is 0 Å². The smallest absolute Gasteiger partial charge is 0.0897 e. The quantitative estimate of drug-likeness (QED) is 0.628. The van der Waals surface area contributed by atoms with Crippen LogP contribution in [-0.2, 0) is 4.74 Å². The summed E-state index contributed by atoms with van der Waals surface area (Å²) >= 11 is 0. The second-order valence-corrected chi connectivity index (χ2v) is 6.96. The van der Waals surface area contributed by atoms with Crippen LogP contribution in [0.25, 0.3) is 0 Å². The Labute approximate surface area is 117 Å². The second kappa shape index (κ2) is 7.02. The van der Waals surface area contributed by atoms with Crippen LogP contribution in [-0.4, -0.2) is 47.7 Å². The molecular formula is C15H31NO3. The van der Waals surface area contributed by atoms with Crippen molar-refractivity contribution in [1.82, 2.24) is 5.32 Å². The van der Waals surface area contributed by atoms with Crippen molar-refractivity contribution in [2.24, 2.45) is 11.3 Å². The molecule has 19 heavy (non-hydrogen) atoms. The standard InChI is InChI=1S/C15H31NO3/c1-10(2)6-11(3)19-9-12(17)8-16-13-7-14(18)15(13,4)5/h10-14,16-18H,6-9H2,1-5H3. The molecule has 4 atom stereocenters. The lowest BCUT2D eigenvalue weighted by molar-refractivity contribution is -0.0780. The summed E-state index contributed by atoms with van der Waals surface area (Å²) in [4.78, 5) is 0. The lowest BCUT2D eigenvalue weighted by Crippen LogP contribution is -2.61. The number of hydrogen-bond acceptors (Lipinski definition) is 4. The van der Waals surface area contributed by atoms with Gasteiger partial charge in [-0.05, 0) is 25.7 Å². The molecule has 1 aliphatic rings. The lowest BCUT2D eigenvalue weighted by Gasteiger charge is -2.49. The van der Waals surface area contributed by atoms with Crippen LogP contribution in [0.3, 0.4) is 0 Å². The van der Waals surface area contributed by atoms with Crippen LogP contribution in [0, 0.1) is 11.3 Å². The summed E-state index contributed by atoms with van der Waals surface area (Å²) < 4.78 is 5.63. The van der Waals surface area contributed by atoms with Crippen LogP contribution >= 0.6 is 0 Å². The Balaban J connectivity index is 2.13. The maximum Gasteiger partial charge on any atom is 0.0897 e. The van der Waals surface area contributed by atoms with Crippen molar-refractivity contribution in [1.29, 1.82) is 0 Å². The fraction of sp³-hybridized carbons (Fsp3) is 1.00. The van der Waals surface area contributed by atoms with E-state index in [9.17, 15) is 10.2 Å². The Bertz CT molecular complexity index is 268. The monoisotopic (exact) mass is 273 g/mol. The first-order valence-corrected chi connectivity index (χ1v) is 7.44. The highest BCUT2D eigenvalue weighted by Crippen LogP contribution is 2.40. The average molecular weight is 273 g/mol. The Morgan fingerprint density at radius 1 is 1.32 bits per heavy atom. The van der Waals surface area contributed by atoms with Crippen LogP contribution < -0.4 is 5.32 Å². The molecule has 0 radical (unpaired) electrons. The van der Waals surface area contributed by atoms with Gasteiger partial charge in [-0.2, -0.15) is 0 Å². The molecule has 4 heteroatoms. The Morgan fingerprint density at radius 2 is 1.95 bits per heavy atom. The van der Waals surface area contributed by atoms with Crippen molar-refractivity contribution in [2.45, 2.75) is 71.8 Å². The zero-order chi connectivity index (χ0) is 14.6. The summed E-state index contributed by atoms with van der Waals surface area (Å²) in [5.74, 6) is 0.613. The molecule has 0 amide bonds. The second-order valence-electron chi connectivity index (χ2n) is 6.96. The molecule has 0 heterocycles. The van der Waals surface area contributed by atoms with E-state index in [2.05, 4.69) is 19.2 Å². The normalized spacial score (nSPS) is 29.1. The fourth-order valence-electron chi connectivity index (χ4n) is 2.59. The minimum Gasteiger partial charge on any atom is -0.392 e. The number of ether oxygens (including phenoxy) is 1. The van der Waals surface area contributed by atoms with E-state index in [1.54, 1.807) is 0 Å². The number of hydrogen-bond donors (Lipinski definition) is 3. The molecule has 1 aliphatic carbocycles. The highest BCUT2D eigenvalue weighted by molar-refractivity contribution is 5.01. The Morgan fingerprint density at radius 3 is 2.42 bits per heavy atom. The molecule has 0 aromatic rings. The predicted molar refractivity (Wildman–Crippen MR) is 77.1 cm³/mol. The number of nitrogens with one attached hydrogen (secondary N) is 1. The minimum atomic E-state index is -0.483. The first kappa shape index (κ1) is 16.9. The van der Waals surface area contributed by atoms with Crippen molar-refractivity contribution in [3.8, 4) is 0 Å². The summed E-state index contributed by atoms with van der Waals surface area (Å²) in [6, 6.07) is 0.283. The first-order chi connectivity index (χ1) is 8.73. The molecule has 114 valence electrons. The van der Waals surface area contributed by atoms with Crippen LogP contribution in [0.2, 0.25) is 0 Å². The number of aliphatic hydroxyl groups is 2. The van der Waals surface area contributed by atoms with Crippen LogP contribution in [0.1, 0.15) is 47.5 Å². The van der Waals surface area contributed by atoms with Gasteiger partial charge >= 0.3 is 0 Å². The minimum absolute atomic E-state index is 0.0918. The molecular weight excluding hydrogens is 242 g/mol. The lowest BCUT2D eigenvalue weighted by atomic mass is 9.64. The molecule has 1 fully saturated rings. The largest absolute Gasteiger partial charge is 0.392 e. The van der Waals surface area contributed by atoms with Gasteiger partial charge in [0.1, 0.15) is 0 Å². The molecule has 4 nitrogen and oxygen atoms in total. The van der Waals surface area contributed by atoms with E-state index in [0.29, 0.717) is 19.1 Å². The van der Waals surface area contributed by atoms with Crippen molar-refractivity contribution < 1.29 is 14.9 Å². The topological polar surface area (TPSA) is 61.7 Å². The third-order valence-electron chi connectivity index (χ3n) is 4.19. The first-order valence-electron chi connectivity index (χ1n) is 7.44. The summed E-state index contributed by atoms with van der Waals surface area (Å²) in [6.45, 7) is 11.4. The van der Waals surface area contributed by atoms with E-state index < -0.39 is 6.10 Å². The van der Waals surface area contributed by atoms with E-state index >= 15 is 0 Å². The predicted octanol–water partition coefficient (Wildman–Crippen LogP) is 1.55. The van der Waals surface area contributed by atoms with Gasteiger partial charge in [0.25, 0.3) is 0 Å². The fourth-order valence-corrected chi connectivity index (χ4v) is 2.59. The van der Waals surface area contributed by atoms with Crippen molar-refractivity contribution in [3.63, 3.8) is 0 Å². The molecule has 0 aromatic heterocycles. The van der Waals surface area contributed by atoms with Gasteiger partial charge in [0, 0.05) is 18.0 Å². The zero-order valence-corrected chi connectivity index (χ0v) is 13.0. The third-order valence-corrected chi connectivity index (χ3v) is 4.19. The highest BCUT2D eigenvalue weighted by Gasteiger charge is 2.46. The molecule has 0 saturated heterocycles. The summed E-state index contributed by atoms with van der Waals surface area (Å²) in [5, 5.41) is 22.8. The average Bonchev–Trinajstić information content (AvgIpc) is 2.30. The van der Waals surface area contributed by atoms with E-state index in [1.165, 1.54) is 0 Å². The highest BCUT2D eigenvalue weighted by atomic mass is 16.5. The zero-order valence-electron chi connectivity index (χ0n) is 13.0. The van der Waals surface area contributed by atoms with Gasteiger partial charge in [-0.25, -0.2) is 0 Å². The Kier molecular flexibility index (Phi) is 6.24. The van der Waals surface area contributed by atoms with E-state index in [0.717, 1.165) is 12.8 Å². The summed E-state index contributed by atoms with van der Waals surface area (Å²) in [6.07, 6.45) is 1.26. The maximum absolute atomic E-state index is 9.89. The van der Waals surface area contributed by atoms with Crippen molar-refractivity contribution >= 4 is 0 Å². The molecule has 3 N–H and O–H groups in total. The van der Waals surface area contributed by atoms with Gasteiger partial charge in [-0.1, -0.05) is 27.7 Å². The Hall–Kier alpha value is -0.160.